The molecule has 59 heavy (non-hydrogen) atoms. The van der Waals surface area contributed by atoms with Crippen LogP contribution in [0, 0.1) is 0 Å². The van der Waals surface area contributed by atoms with Crippen LogP contribution in [0.25, 0.3) is 121 Å². The van der Waals surface area contributed by atoms with Crippen molar-refractivity contribution in [2.24, 2.45) is 0 Å². The molecule has 9 aromatic carbocycles. The Bertz CT molecular complexity index is 3900. The summed E-state index contributed by atoms with van der Waals surface area (Å²) < 4.78 is 9.63. The molecule has 1 aliphatic carbocycles. The van der Waals surface area contributed by atoms with Crippen molar-refractivity contribution in [2.75, 3.05) is 0 Å². The molecule has 0 N–H and O–H groups in total. The van der Waals surface area contributed by atoms with E-state index in [-0.39, 0.29) is 0 Å². The van der Waals surface area contributed by atoms with Crippen LogP contribution in [-0.2, 0) is 0 Å². The second kappa shape index (κ2) is 11.3. The van der Waals surface area contributed by atoms with Crippen LogP contribution >= 0.6 is 0 Å². The monoisotopic (exact) mass is 747 g/mol. The highest BCUT2D eigenvalue weighted by molar-refractivity contribution is 6.22. The summed E-state index contributed by atoms with van der Waals surface area (Å²) in [7, 11) is 0. The standard InChI is InChI=1S/C55H31N4/c1-2-11-35-27-48-44-21-20-39(42-14-7-15-43(53(42)44)47(48)26-34(35)10-1)36-24-37(58-51-22-23-56-29-49(51)45-18-16-32-8-3-5-12-40(32)54(45)58)28-38(25-36)59-52-31-57-30-50(52)46-19-17-33-9-4-6-13-41(33)55(46)59/h1-31H/q+1. The molecule has 12 aromatic rings. The van der Waals surface area contributed by atoms with Gasteiger partial charge in [0.15, 0.2) is 0 Å². The maximum Gasteiger partial charge on any atom is 0.317 e. The smallest absolute Gasteiger partial charge is 0.308 e. The Kier molecular flexibility index (Phi) is 5.95. The van der Waals surface area contributed by atoms with Crippen molar-refractivity contribution in [3.8, 4) is 44.8 Å². The molecule has 0 radical (unpaired) electrons. The quantitative estimate of drug-likeness (QED) is 0.166. The van der Waals surface area contributed by atoms with E-state index in [2.05, 4.69) is 178 Å². The number of rotatable bonds is 3. The van der Waals surface area contributed by atoms with E-state index in [1.54, 1.807) is 0 Å². The highest BCUT2D eigenvalue weighted by Gasteiger charge is 2.28. The second-order valence-electron chi connectivity index (χ2n) is 16.0. The molecule has 14 rings (SSSR count). The molecule has 0 unspecified atom stereocenters. The van der Waals surface area contributed by atoms with E-state index in [4.69, 9.17) is 4.67 Å². The number of fused-ring (bicyclic) bond motifs is 14. The predicted octanol–water partition coefficient (Wildman–Crippen LogP) is 13.0. The van der Waals surface area contributed by atoms with Crippen LogP contribution in [0.1, 0.15) is 11.3 Å². The summed E-state index contributed by atoms with van der Waals surface area (Å²) in [5.41, 5.74) is 15.5. The molecular weight excluding hydrogens is 717 g/mol. The number of nitrogens with zero attached hydrogens (tertiary/aromatic N) is 4. The van der Waals surface area contributed by atoms with Crippen molar-refractivity contribution in [1.29, 1.82) is 0 Å². The zero-order valence-electron chi connectivity index (χ0n) is 31.7. The average Bonchev–Trinajstić information content (AvgIpc) is 4.06. The summed E-state index contributed by atoms with van der Waals surface area (Å²) in [6.45, 7) is 0. The Morgan fingerprint density at radius 3 is 1.80 bits per heavy atom. The summed E-state index contributed by atoms with van der Waals surface area (Å²) in [5, 5.41) is 13.5. The van der Waals surface area contributed by atoms with Crippen LogP contribution in [0.2, 0.25) is 0 Å². The van der Waals surface area contributed by atoms with E-state index < -0.39 is 0 Å². The minimum atomic E-state index is 1.09. The minimum Gasteiger partial charge on any atom is -0.308 e. The third-order valence-corrected chi connectivity index (χ3v) is 13.0. The molecule has 0 spiro atoms. The van der Waals surface area contributed by atoms with Crippen molar-refractivity contribution >= 4 is 88.2 Å². The van der Waals surface area contributed by atoms with E-state index in [9.17, 15) is 0 Å². The first-order chi connectivity index (χ1) is 29.3. The molecule has 1 aliphatic heterocycles. The molecule has 2 aliphatic rings. The Balaban J connectivity index is 1.12. The van der Waals surface area contributed by atoms with Crippen molar-refractivity contribution < 1.29 is 0 Å². The highest BCUT2D eigenvalue weighted by Crippen LogP contribution is 2.51. The molecular formula is C55H31N4+. The average molecular weight is 748 g/mol. The molecule has 0 amide bonds. The van der Waals surface area contributed by atoms with Gasteiger partial charge >= 0.3 is 12.4 Å². The third kappa shape index (κ3) is 4.12. The van der Waals surface area contributed by atoms with Crippen LogP contribution in [0.15, 0.2) is 176 Å². The Hall–Kier alpha value is -8.04. The predicted molar refractivity (Wildman–Crippen MR) is 248 cm³/mol. The molecule has 0 atom stereocenters. The third-order valence-electron chi connectivity index (χ3n) is 13.0. The first-order valence-electron chi connectivity index (χ1n) is 20.2. The van der Waals surface area contributed by atoms with Gasteiger partial charge in [0, 0.05) is 50.7 Å². The molecule has 0 saturated heterocycles. The normalized spacial score (nSPS) is 12.7. The first kappa shape index (κ1) is 31.1. The summed E-state index contributed by atoms with van der Waals surface area (Å²) in [6, 6.07) is 60.8. The van der Waals surface area contributed by atoms with Crippen molar-refractivity contribution in [3.63, 3.8) is 0 Å². The Morgan fingerprint density at radius 1 is 0.407 bits per heavy atom. The molecule has 270 valence electrons. The SMILES string of the molecule is C1=[N+]=Cc2c1c1ccc3ccccc3c1n2-c1cc(-c2ccc3c4c(cccc24)-c2cc4ccccc4cc2-3)cc(-n2c3ccncc3c3ccc4ccccc4c32)c1. The van der Waals surface area contributed by atoms with E-state index in [1.165, 1.54) is 92.7 Å². The van der Waals surface area contributed by atoms with Gasteiger partial charge in [0.25, 0.3) is 0 Å². The van der Waals surface area contributed by atoms with E-state index in [1.807, 2.05) is 24.8 Å². The van der Waals surface area contributed by atoms with Crippen LogP contribution in [0.3, 0.4) is 0 Å². The lowest BCUT2D eigenvalue weighted by Crippen LogP contribution is -2.03. The number of benzene rings is 9. The van der Waals surface area contributed by atoms with E-state index in [0.29, 0.717) is 0 Å². The van der Waals surface area contributed by atoms with Gasteiger partial charge in [0.2, 0.25) is 0 Å². The van der Waals surface area contributed by atoms with E-state index in [0.717, 1.165) is 39.1 Å². The van der Waals surface area contributed by atoms with Crippen LogP contribution in [0.5, 0.6) is 0 Å². The molecule has 4 heterocycles. The fourth-order valence-electron chi connectivity index (χ4n) is 10.5. The van der Waals surface area contributed by atoms with Gasteiger partial charge in [-0.25, -0.2) is 0 Å². The number of pyridine rings is 1. The highest BCUT2D eigenvalue weighted by atomic mass is 15.0. The zero-order valence-corrected chi connectivity index (χ0v) is 31.7. The second-order valence-corrected chi connectivity index (χ2v) is 16.0. The zero-order chi connectivity index (χ0) is 38.3. The Labute approximate surface area is 337 Å². The fraction of sp³-hybridized carbons (Fsp3) is 0. The van der Waals surface area contributed by atoms with Gasteiger partial charge in [-0.1, -0.05) is 132 Å². The number of hydrogen-bond acceptors (Lipinski definition) is 1. The lowest BCUT2D eigenvalue weighted by Gasteiger charge is -2.18. The molecule has 3 aromatic heterocycles. The largest absolute Gasteiger partial charge is 0.317 e. The van der Waals surface area contributed by atoms with Gasteiger partial charge < -0.3 is 9.13 Å². The summed E-state index contributed by atoms with van der Waals surface area (Å²) in [5.74, 6) is 0. The van der Waals surface area contributed by atoms with Crippen LogP contribution < -0.4 is 4.67 Å². The molecule has 0 bridgehead atoms. The molecule has 0 saturated carbocycles. The van der Waals surface area contributed by atoms with Gasteiger partial charge in [0.1, 0.15) is 5.69 Å². The molecule has 0 fully saturated rings. The lowest BCUT2D eigenvalue weighted by molar-refractivity contribution is 1.10. The summed E-state index contributed by atoms with van der Waals surface area (Å²) >= 11 is 0. The maximum absolute atomic E-state index is 4.72. The minimum absolute atomic E-state index is 1.09. The lowest BCUT2D eigenvalue weighted by atomic mass is 9.93. The fourth-order valence-corrected chi connectivity index (χ4v) is 10.5. The molecule has 4 nitrogen and oxygen atoms in total. The van der Waals surface area contributed by atoms with Crippen molar-refractivity contribution in [2.45, 2.75) is 0 Å². The number of aromatic nitrogens is 3. The first-order valence-corrected chi connectivity index (χ1v) is 20.2. The van der Waals surface area contributed by atoms with Crippen LogP contribution in [-0.4, -0.2) is 26.5 Å². The van der Waals surface area contributed by atoms with Gasteiger partial charge in [0.05, 0.1) is 22.1 Å². The van der Waals surface area contributed by atoms with Gasteiger partial charge in [-0.3, -0.25) is 4.98 Å². The number of hydrogen-bond donors (Lipinski definition) is 0. The van der Waals surface area contributed by atoms with Gasteiger partial charge in [-0.15, -0.1) is 0 Å². The van der Waals surface area contributed by atoms with Gasteiger partial charge in [-0.05, 0) is 102 Å². The van der Waals surface area contributed by atoms with Crippen molar-refractivity contribution in [3.05, 3.63) is 187 Å². The summed E-state index contributed by atoms with van der Waals surface area (Å²) in [6.07, 6.45) is 7.98. The molecule has 4 heteroatoms. The van der Waals surface area contributed by atoms with E-state index >= 15 is 0 Å². The maximum atomic E-state index is 4.72. The summed E-state index contributed by atoms with van der Waals surface area (Å²) in [4.78, 5) is 4.63. The Morgan fingerprint density at radius 2 is 1.03 bits per heavy atom. The topological polar surface area (TPSA) is 36.9 Å². The van der Waals surface area contributed by atoms with Crippen molar-refractivity contribution in [1.82, 2.24) is 18.8 Å². The van der Waals surface area contributed by atoms with Crippen LogP contribution in [0.4, 0.5) is 0 Å². The van der Waals surface area contributed by atoms with Gasteiger partial charge in [-0.2, -0.15) is 0 Å².